The zero-order valence-electron chi connectivity index (χ0n) is 18.2. The molecule has 0 aliphatic heterocycles. The van der Waals surface area contributed by atoms with Crippen molar-refractivity contribution in [3.63, 3.8) is 0 Å². The molecule has 0 radical (unpaired) electrons. The normalized spacial score (nSPS) is 12.9. The van der Waals surface area contributed by atoms with E-state index in [4.69, 9.17) is 4.74 Å². The number of hydrogen-bond donors (Lipinski definition) is 2. The van der Waals surface area contributed by atoms with Crippen molar-refractivity contribution in [3.8, 4) is 16.9 Å². The van der Waals surface area contributed by atoms with Crippen LogP contribution in [0.25, 0.3) is 22.0 Å². The molecule has 0 saturated carbocycles. The van der Waals surface area contributed by atoms with Crippen molar-refractivity contribution in [1.82, 2.24) is 9.88 Å². The summed E-state index contributed by atoms with van der Waals surface area (Å²) in [5.41, 5.74) is 3.68. The average molecular weight is 455 g/mol. The van der Waals surface area contributed by atoms with Crippen molar-refractivity contribution in [3.05, 3.63) is 90.4 Å². The number of nitrogens with one attached hydrogen (secondary N) is 1. The first-order valence-corrected chi connectivity index (χ1v) is 10.5. The fourth-order valence-electron chi connectivity index (χ4n) is 4.20. The van der Waals surface area contributed by atoms with Gasteiger partial charge >= 0.3 is 0 Å². The van der Waals surface area contributed by atoms with Gasteiger partial charge in [-0.25, -0.2) is 4.39 Å². The van der Waals surface area contributed by atoms with Crippen LogP contribution in [0.5, 0.6) is 5.75 Å². The molecule has 4 nitrogen and oxygen atoms in total. The molecule has 0 aliphatic carbocycles. The van der Waals surface area contributed by atoms with Crippen molar-refractivity contribution in [2.75, 3.05) is 20.2 Å². The van der Waals surface area contributed by atoms with E-state index in [2.05, 4.69) is 11.4 Å². The number of hydrogen-bond acceptors (Lipinski definition) is 3. The summed E-state index contributed by atoms with van der Waals surface area (Å²) in [4.78, 5) is 0. The highest BCUT2D eigenvalue weighted by atomic mass is 35.5. The highest BCUT2D eigenvalue weighted by Crippen LogP contribution is 2.39. The summed E-state index contributed by atoms with van der Waals surface area (Å²) in [6.07, 6.45) is 1.29. The minimum absolute atomic E-state index is 0. The highest BCUT2D eigenvalue weighted by Gasteiger charge is 2.26. The van der Waals surface area contributed by atoms with E-state index in [1.54, 1.807) is 13.1 Å². The van der Waals surface area contributed by atoms with Crippen molar-refractivity contribution in [1.29, 1.82) is 0 Å². The van der Waals surface area contributed by atoms with Crippen LogP contribution in [0.4, 0.5) is 4.39 Å². The minimum Gasteiger partial charge on any atom is -0.493 e. The van der Waals surface area contributed by atoms with Gasteiger partial charge in [-0.3, -0.25) is 0 Å². The first-order valence-electron chi connectivity index (χ1n) is 10.5. The maximum Gasteiger partial charge on any atom is 0.127 e. The summed E-state index contributed by atoms with van der Waals surface area (Å²) in [5.74, 6) is 0.489. The zero-order valence-corrected chi connectivity index (χ0v) is 19.0. The van der Waals surface area contributed by atoms with Crippen LogP contribution >= 0.6 is 12.4 Å². The van der Waals surface area contributed by atoms with Crippen LogP contribution in [0.2, 0.25) is 0 Å². The molecule has 0 spiro atoms. The number of likely N-dealkylation sites (N-methyl/N-ethyl adjacent to an activating group) is 1. The van der Waals surface area contributed by atoms with E-state index in [9.17, 15) is 9.50 Å². The lowest BCUT2D eigenvalue weighted by atomic mass is 10.0. The average Bonchev–Trinajstić information content (AvgIpc) is 3.14. The molecule has 0 bridgehead atoms. The molecule has 168 valence electrons. The van der Waals surface area contributed by atoms with E-state index >= 15 is 0 Å². The van der Waals surface area contributed by atoms with E-state index in [0.717, 1.165) is 27.8 Å². The molecular weight excluding hydrogens is 427 g/mol. The number of aliphatic hydroxyl groups is 1. The molecule has 4 rings (SSSR count). The van der Waals surface area contributed by atoms with Crippen molar-refractivity contribution in [2.45, 2.75) is 19.1 Å². The number of aromatic nitrogens is 1. The molecule has 32 heavy (non-hydrogen) atoms. The Morgan fingerprint density at radius 3 is 2.50 bits per heavy atom. The molecule has 3 aromatic carbocycles. The Morgan fingerprint density at radius 2 is 1.75 bits per heavy atom. The topological polar surface area (TPSA) is 46.4 Å². The SMILES string of the molecule is CCOc1ccccc1-c1cn([C@@H](c2cccc(F)c2)[C@H](O)CNC)c2ccccc12.Cl. The summed E-state index contributed by atoms with van der Waals surface area (Å²) < 4.78 is 22.0. The third-order valence-corrected chi connectivity index (χ3v) is 5.49. The highest BCUT2D eigenvalue weighted by molar-refractivity contribution is 5.97. The summed E-state index contributed by atoms with van der Waals surface area (Å²) >= 11 is 0. The fraction of sp³-hybridized carbons (Fsp3) is 0.231. The predicted molar refractivity (Wildman–Crippen MR) is 130 cm³/mol. The van der Waals surface area contributed by atoms with Crippen LogP contribution < -0.4 is 10.1 Å². The maximum atomic E-state index is 14.1. The third-order valence-electron chi connectivity index (χ3n) is 5.49. The van der Waals surface area contributed by atoms with Crippen molar-refractivity contribution >= 4 is 23.3 Å². The smallest absolute Gasteiger partial charge is 0.127 e. The Morgan fingerprint density at radius 1 is 1.00 bits per heavy atom. The van der Waals surface area contributed by atoms with Gasteiger partial charge in [0.1, 0.15) is 11.6 Å². The standard InChI is InChI=1S/C26H27FN2O2.ClH/c1-3-31-25-14-7-5-12-21(25)22-17-29(23-13-6-4-11-20(22)23)26(24(30)16-28-2)18-9-8-10-19(27)15-18;/h4-15,17,24,26,28,30H,3,16H2,1-2H3;1H/t24-,26+;/m1./s1. The van der Waals surface area contributed by atoms with Gasteiger partial charge < -0.3 is 19.7 Å². The summed E-state index contributed by atoms with van der Waals surface area (Å²) in [5, 5.41) is 15.1. The van der Waals surface area contributed by atoms with Crippen molar-refractivity contribution in [2.24, 2.45) is 0 Å². The van der Waals surface area contributed by atoms with E-state index in [0.29, 0.717) is 18.7 Å². The Kier molecular flexibility index (Phi) is 7.91. The van der Waals surface area contributed by atoms with Gasteiger partial charge in [0.25, 0.3) is 0 Å². The maximum absolute atomic E-state index is 14.1. The predicted octanol–water partition coefficient (Wildman–Crippen LogP) is 5.44. The van der Waals surface area contributed by atoms with Crippen LogP contribution in [-0.4, -0.2) is 36.0 Å². The monoisotopic (exact) mass is 454 g/mol. The van der Waals surface area contributed by atoms with Crippen LogP contribution in [-0.2, 0) is 0 Å². The Bertz CT molecular complexity index is 1180. The first-order chi connectivity index (χ1) is 15.1. The minimum atomic E-state index is -0.752. The number of rotatable bonds is 8. The molecule has 2 N–H and O–H groups in total. The lowest BCUT2D eigenvalue weighted by Gasteiger charge is -2.26. The molecule has 1 heterocycles. The molecule has 0 amide bonds. The van der Waals surface area contributed by atoms with Crippen LogP contribution in [0.3, 0.4) is 0 Å². The second-order valence-corrected chi connectivity index (χ2v) is 7.52. The van der Waals surface area contributed by atoms with E-state index in [1.165, 1.54) is 12.1 Å². The number of benzene rings is 3. The second kappa shape index (κ2) is 10.6. The third kappa shape index (κ3) is 4.65. The van der Waals surface area contributed by atoms with E-state index < -0.39 is 12.1 Å². The zero-order chi connectivity index (χ0) is 21.8. The van der Waals surface area contributed by atoms with Gasteiger partial charge in [-0.2, -0.15) is 0 Å². The molecule has 4 aromatic rings. The van der Waals surface area contributed by atoms with Crippen LogP contribution in [0.1, 0.15) is 18.5 Å². The number of halogens is 2. The van der Waals surface area contributed by atoms with Gasteiger partial charge in [0.15, 0.2) is 0 Å². The van der Waals surface area contributed by atoms with Gasteiger partial charge in [0.05, 0.1) is 18.8 Å². The van der Waals surface area contributed by atoms with E-state index in [1.807, 2.05) is 66.2 Å². The molecule has 1 aromatic heterocycles. The molecule has 0 fully saturated rings. The van der Waals surface area contributed by atoms with Gasteiger partial charge in [0, 0.05) is 34.8 Å². The first kappa shape index (κ1) is 23.8. The molecule has 2 atom stereocenters. The quantitative estimate of drug-likeness (QED) is 0.373. The molecule has 0 aliphatic rings. The largest absolute Gasteiger partial charge is 0.493 e. The Balaban J connectivity index is 0.00000289. The molecule has 0 saturated heterocycles. The number of nitrogens with zero attached hydrogens (tertiary/aromatic N) is 1. The van der Waals surface area contributed by atoms with Crippen LogP contribution in [0.15, 0.2) is 79.0 Å². The van der Waals surface area contributed by atoms with Crippen LogP contribution in [0, 0.1) is 5.82 Å². The fourth-order valence-corrected chi connectivity index (χ4v) is 4.20. The molecular formula is C26H28ClFN2O2. The summed E-state index contributed by atoms with van der Waals surface area (Å²) in [6, 6.07) is 22.0. The summed E-state index contributed by atoms with van der Waals surface area (Å²) in [6.45, 7) is 2.91. The van der Waals surface area contributed by atoms with Gasteiger partial charge in [-0.05, 0) is 43.8 Å². The Hall–Kier alpha value is -2.86. The number of fused-ring (bicyclic) bond motifs is 1. The van der Waals surface area contributed by atoms with E-state index in [-0.39, 0.29) is 18.2 Å². The van der Waals surface area contributed by atoms with Gasteiger partial charge in [-0.1, -0.05) is 48.5 Å². The molecule has 0 unspecified atom stereocenters. The van der Waals surface area contributed by atoms with Gasteiger partial charge in [-0.15, -0.1) is 12.4 Å². The van der Waals surface area contributed by atoms with Gasteiger partial charge in [0.2, 0.25) is 0 Å². The number of para-hydroxylation sites is 2. The van der Waals surface area contributed by atoms with Crippen molar-refractivity contribution < 1.29 is 14.2 Å². The lowest BCUT2D eigenvalue weighted by Crippen LogP contribution is -2.33. The Labute approximate surface area is 194 Å². The number of ether oxygens (including phenoxy) is 1. The molecule has 6 heteroatoms. The second-order valence-electron chi connectivity index (χ2n) is 7.52. The lowest BCUT2D eigenvalue weighted by molar-refractivity contribution is 0.132. The number of aliphatic hydroxyl groups excluding tert-OH is 1. The summed E-state index contributed by atoms with van der Waals surface area (Å²) in [7, 11) is 1.80.